The predicted octanol–water partition coefficient (Wildman–Crippen LogP) is 2.32. The summed E-state index contributed by atoms with van der Waals surface area (Å²) >= 11 is 0. The number of aryl methyl sites for hydroxylation is 1. The molecule has 14 heavy (non-hydrogen) atoms. The summed E-state index contributed by atoms with van der Waals surface area (Å²) in [4.78, 5) is 0. The molecule has 0 saturated carbocycles. The third-order valence-corrected chi connectivity index (χ3v) is 1.90. The molecule has 1 aromatic rings. The minimum atomic E-state index is -0.837. The lowest BCUT2D eigenvalue weighted by Gasteiger charge is -2.19. The quantitative estimate of drug-likeness (QED) is 0.779. The number of aliphatic hydroxyl groups is 1. The van der Waals surface area contributed by atoms with E-state index in [4.69, 9.17) is 0 Å². The van der Waals surface area contributed by atoms with Crippen LogP contribution in [-0.2, 0) is 0 Å². The Balaban J connectivity index is 2.73. The van der Waals surface area contributed by atoms with Crippen molar-refractivity contribution in [3.63, 3.8) is 0 Å². The van der Waals surface area contributed by atoms with Crippen molar-refractivity contribution in [1.82, 2.24) is 0 Å². The molecule has 1 aromatic carbocycles. The Morgan fingerprint density at radius 1 is 1.43 bits per heavy atom. The van der Waals surface area contributed by atoms with Gasteiger partial charge in [-0.05, 0) is 32.4 Å². The van der Waals surface area contributed by atoms with Gasteiger partial charge in [-0.2, -0.15) is 0 Å². The maximum absolute atomic E-state index is 13.4. The second-order valence-electron chi connectivity index (χ2n) is 4.10. The van der Waals surface area contributed by atoms with Crippen LogP contribution in [0.2, 0.25) is 0 Å². The van der Waals surface area contributed by atoms with Crippen molar-refractivity contribution in [1.29, 1.82) is 0 Å². The minimum Gasteiger partial charge on any atom is -0.389 e. The summed E-state index contributed by atoms with van der Waals surface area (Å²) in [5.41, 5.74) is 0.203. The molecule has 0 heterocycles. The highest BCUT2D eigenvalue weighted by Gasteiger charge is 2.13. The van der Waals surface area contributed by atoms with Crippen LogP contribution in [0.3, 0.4) is 0 Å². The maximum Gasteiger partial charge on any atom is 0.149 e. The average Bonchev–Trinajstić information content (AvgIpc) is 2.06. The lowest BCUT2D eigenvalue weighted by Crippen LogP contribution is -2.29. The zero-order chi connectivity index (χ0) is 10.8. The first kappa shape index (κ1) is 11.0. The topological polar surface area (TPSA) is 32.3 Å². The second-order valence-corrected chi connectivity index (χ2v) is 4.10. The van der Waals surface area contributed by atoms with Gasteiger partial charge in [0.2, 0.25) is 0 Å². The first-order valence-corrected chi connectivity index (χ1v) is 4.61. The van der Waals surface area contributed by atoms with Crippen LogP contribution in [0.25, 0.3) is 0 Å². The standard InChI is InChI=1S/C11H16FNO/c1-8-5-4-6-9(10(8)12)13-7-11(2,3)14/h4-6,13-14H,7H2,1-3H3. The Kier molecular flexibility index (Phi) is 3.11. The molecular weight excluding hydrogens is 181 g/mol. The highest BCUT2D eigenvalue weighted by atomic mass is 19.1. The molecule has 0 bridgehead atoms. The fourth-order valence-corrected chi connectivity index (χ4v) is 1.10. The summed E-state index contributed by atoms with van der Waals surface area (Å²) < 4.78 is 13.4. The van der Waals surface area contributed by atoms with Gasteiger partial charge >= 0.3 is 0 Å². The van der Waals surface area contributed by atoms with E-state index in [0.29, 0.717) is 17.8 Å². The van der Waals surface area contributed by atoms with Crippen molar-refractivity contribution in [2.45, 2.75) is 26.4 Å². The summed E-state index contributed by atoms with van der Waals surface area (Å²) in [5.74, 6) is -0.253. The molecule has 3 heteroatoms. The van der Waals surface area contributed by atoms with Gasteiger partial charge in [-0.15, -0.1) is 0 Å². The molecule has 0 fully saturated rings. The van der Waals surface area contributed by atoms with Crippen molar-refractivity contribution < 1.29 is 9.50 Å². The van der Waals surface area contributed by atoms with E-state index in [0.717, 1.165) is 0 Å². The molecule has 0 aliphatic carbocycles. The van der Waals surface area contributed by atoms with E-state index in [-0.39, 0.29) is 5.82 Å². The third-order valence-electron chi connectivity index (χ3n) is 1.90. The summed E-state index contributed by atoms with van der Waals surface area (Å²) in [6, 6.07) is 5.16. The lowest BCUT2D eigenvalue weighted by molar-refractivity contribution is 0.0944. The van der Waals surface area contributed by atoms with Crippen LogP contribution in [0.5, 0.6) is 0 Å². The second kappa shape index (κ2) is 3.96. The normalized spacial score (nSPS) is 11.5. The van der Waals surface area contributed by atoms with E-state index in [1.165, 1.54) is 0 Å². The molecule has 1 rings (SSSR count). The molecule has 0 aliphatic rings. The summed E-state index contributed by atoms with van der Waals surface area (Å²) in [5, 5.41) is 12.3. The molecule has 0 atom stereocenters. The van der Waals surface area contributed by atoms with Crippen LogP contribution >= 0.6 is 0 Å². The first-order chi connectivity index (χ1) is 6.40. The van der Waals surface area contributed by atoms with Crippen molar-refractivity contribution in [3.05, 3.63) is 29.6 Å². The molecule has 0 unspecified atom stereocenters. The number of hydrogen-bond donors (Lipinski definition) is 2. The number of rotatable bonds is 3. The van der Waals surface area contributed by atoms with Crippen molar-refractivity contribution in [2.24, 2.45) is 0 Å². The van der Waals surface area contributed by atoms with Gasteiger partial charge in [0, 0.05) is 6.54 Å². The van der Waals surface area contributed by atoms with E-state index >= 15 is 0 Å². The Labute approximate surface area is 83.8 Å². The van der Waals surface area contributed by atoms with E-state index in [2.05, 4.69) is 5.32 Å². The summed E-state index contributed by atoms with van der Waals surface area (Å²) in [7, 11) is 0. The van der Waals surface area contributed by atoms with Gasteiger partial charge in [-0.25, -0.2) is 4.39 Å². The predicted molar refractivity (Wildman–Crippen MR) is 55.9 cm³/mol. The molecule has 0 aromatic heterocycles. The van der Waals surface area contributed by atoms with Gasteiger partial charge < -0.3 is 10.4 Å². The van der Waals surface area contributed by atoms with E-state index in [9.17, 15) is 9.50 Å². The van der Waals surface area contributed by atoms with Crippen LogP contribution in [0.4, 0.5) is 10.1 Å². The van der Waals surface area contributed by atoms with Crippen molar-refractivity contribution in [3.8, 4) is 0 Å². The zero-order valence-corrected chi connectivity index (χ0v) is 8.76. The Bertz CT molecular complexity index is 318. The smallest absolute Gasteiger partial charge is 0.149 e. The molecule has 2 N–H and O–H groups in total. The van der Waals surface area contributed by atoms with Crippen LogP contribution in [-0.4, -0.2) is 17.3 Å². The highest BCUT2D eigenvalue weighted by molar-refractivity contribution is 5.47. The van der Waals surface area contributed by atoms with Crippen LogP contribution in [0.1, 0.15) is 19.4 Å². The maximum atomic E-state index is 13.4. The molecule has 78 valence electrons. The number of anilines is 1. The molecule has 0 aliphatic heterocycles. The van der Waals surface area contributed by atoms with E-state index in [1.807, 2.05) is 0 Å². The first-order valence-electron chi connectivity index (χ1n) is 4.61. The minimum absolute atomic E-state index is 0.253. The van der Waals surface area contributed by atoms with Gasteiger partial charge in [-0.3, -0.25) is 0 Å². The molecule has 0 radical (unpaired) electrons. The van der Waals surface area contributed by atoms with Gasteiger partial charge in [-0.1, -0.05) is 12.1 Å². The number of nitrogens with one attached hydrogen (secondary N) is 1. The molecule has 2 nitrogen and oxygen atoms in total. The van der Waals surface area contributed by atoms with Gasteiger partial charge in [0.1, 0.15) is 5.82 Å². The van der Waals surface area contributed by atoms with Crippen LogP contribution in [0.15, 0.2) is 18.2 Å². The van der Waals surface area contributed by atoms with Crippen LogP contribution < -0.4 is 5.32 Å². The highest BCUT2D eigenvalue weighted by Crippen LogP contribution is 2.17. The van der Waals surface area contributed by atoms with Gasteiger partial charge in [0.15, 0.2) is 0 Å². The zero-order valence-electron chi connectivity index (χ0n) is 8.76. The average molecular weight is 197 g/mol. The summed E-state index contributed by atoms with van der Waals surface area (Å²) in [6.07, 6.45) is 0. The monoisotopic (exact) mass is 197 g/mol. The Morgan fingerprint density at radius 3 is 2.64 bits per heavy atom. The fraction of sp³-hybridized carbons (Fsp3) is 0.455. The van der Waals surface area contributed by atoms with Crippen molar-refractivity contribution >= 4 is 5.69 Å². The Morgan fingerprint density at radius 2 is 2.07 bits per heavy atom. The number of benzene rings is 1. The van der Waals surface area contributed by atoms with Crippen LogP contribution in [0, 0.1) is 12.7 Å². The third kappa shape index (κ3) is 3.00. The van der Waals surface area contributed by atoms with Gasteiger partial charge in [0.05, 0.1) is 11.3 Å². The molecule has 0 saturated heterocycles. The molecular formula is C11H16FNO. The summed E-state index contributed by atoms with van der Waals surface area (Å²) in [6.45, 7) is 5.39. The fourth-order valence-electron chi connectivity index (χ4n) is 1.10. The lowest BCUT2D eigenvalue weighted by atomic mass is 10.1. The SMILES string of the molecule is Cc1cccc(NCC(C)(C)O)c1F. The largest absolute Gasteiger partial charge is 0.389 e. The van der Waals surface area contributed by atoms with E-state index < -0.39 is 5.60 Å². The number of hydrogen-bond acceptors (Lipinski definition) is 2. The van der Waals surface area contributed by atoms with E-state index in [1.54, 1.807) is 39.0 Å². The molecule has 0 spiro atoms. The number of halogens is 1. The van der Waals surface area contributed by atoms with Crippen molar-refractivity contribution in [2.75, 3.05) is 11.9 Å². The molecule has 0 amide bonds. The Hall–Kier alpha value is -1.09. The van der Waals surface area contributed by atoms with Gasteiger partial charge in [0.25, 0.3) is 0 Å².